The number of rotatable bonds is 6. The molecule has 10 heteroatoms. The molecule has 0 heterocycles. The molecule has 144 valence electrons. The van der Waals surface area contributed by atoms with Crippen molar-refractivity contribution < 1.29 is 30.7 Å². The number of thioether (sulfide) groups is 1. The van der Waals surface area contributed by atoms with Crippen molar-refractivity contribution in [2.75, 3.05) is 5.75 Å². The van der Waals surface area contributed by atoms with Gasteiger partial charge in [-0.05, 0) is 16.8 Å². The average molecular weight is 408 g/mol. The zero-order chi connectivity index (χ0) is 20.3. The fourth-order valence-corrected chi connectivity index (χ4v) is 2.82. The minimum absolute atomic E-state index is 0.245. The molecule has 0 aliphatic carbocycles. The van der Waals surface area contributed by atoms with Crippen molar-refractivity contribution in [2.45, 2.75) is 23.0 Å². The maximum absolute atomic E-state index is 13.2. The maximum atomic E-state index is 13.2. The zero-order valence-corrected chi connectivity index (χ0v) is 14.1. The molecule has 0 bridgehead atoms. The summed E-state index contributed by atoms with van der Waals surface area (Å²) in [5.41, 5.74) is 0.847. The molecule has 0 saturated carbocycles. The van der Waals surface area contributed by atoms with Gasteiger partial charge in [0, 0.05) is 10.5 Å². The molecule has 2 rings (SSSR count). The van der Waals surface area contributed by atoms with E-state index in [-0.39, 0.29) is 5.56 Å². The van der Waals surface area contributed by atoms with Crippen molar-refractivity contribution in [1.29, 1.82) is 0 Å². The van der Waals surface area contributed by atoms with Crippen LogP contribution < -0.4 is 5.43 Å². The largest absolute Gasteiger partial charge is 0.462 e. The lowest BCUT2D eigenvalue weighted by Gasteiger charge is -2.27. The van der Waals surface area contributed by atoms with Gasteiger partial charge in [0.1, 0.15) is 0 Å². The summed E-state index contributed by atoms with van der Waals surface area (Å²) in [5, 5.41) is 4.13. The molecular formula is C17H11F7N2S. The van der Waals surface area contributed by atoms with Crippen molar-refractivity contribution in [3.63, 3.8) is 0 Å². The molecule has 0 amide bonds. The second-order valence-corrected chi connectivity index (χ2v) is 6.23. The van der Waals surface area contributed by atoms with Crippen LogP contribution in [-0.4, -0.2) is 30.1 Å². The maximum Gasteiger partial charge on any atom is 0.462 e. The standard InChI is InChI=1S/C17H11F7N2S/c1-2-9-27-14-8-7-11(12-5-3-4-6-13(12)14)10-25-26-17(23,24)15(18,19)16(20,21)22/h1,3-8,10,26H,9H2/b25-10+. The van der Waals surface area contributed by atoms with E-state index in [1.165, 1.54) is 17.8 Å². The van der Waals surface area contributed by atoms with Crippen LogP contribution >= 0.6 is 11.8 Å². The van der Waals surface area contributed by atoms with Gasteiger partial charge in [-0.1, -0.05) is 36.3 Å². The second kappa shape index (κ2) is 7.68. The van der Waals surface area contributed by atoms with E-state index in [0.717, 1.165) is 11.1 Å². The van der Waals surface area contributed by atoms with E-state index in [1.54, 1.807) is 30.3 Å². The van der Waals surface area contributed by atoms with Crippen molar-refractivity contribution in [3.8, 4) is 12.3 Å². The van der Waals surface area contributed by atoms with Gasteiger partial charge in [-0.25, -0.2) is 5.43 Å². The highest BCUT2D eigenvalue weighted by Crippen LogP contribution is 2.45. The summed E-state index contributed by atoms with van der Waals surface area (Å²) in [6, 6.07) is 4.19. The first-order chi connectivity index (χ1) is 12.5. The third-order valence-corrected chi connectivity index (χ3v) is 4.37. The van der Waals surface area contributed by atoms with Gasteiger partial charge in [0.2, 0.25) is 0 Å². The normalized spacial score (nSPS) is 13.1. The lowest BCUT2D eigenvalue weighted by Crippen LogP contribution is -2.58. The molecule has 0 unspecified atom stereocenters. The quantitative estimate of drug-likeness (QED) is 0.176. The number of hydrogen-bond acceptors (Lipinski definition) is 3. The topological polar surface area (TPSA) is 24.4 Å². The average Bonchev–Trinajstić information content (AvgIpc) is 2.59. The second-order valence-electron chi connectivity index (χ2n) is 5.21. The van der Waals surface area contributed by atoms with Crippen molar-refractivity contribution in [2.24, 2.45) is 5.10 Å². The third-order valence-electron chi connectivity index (χ3n) is 3.39. The summed E-state index contributed by atoms with van der Waals surface area (Å²) in [6.07, 6.45) is -0.471. The van der Waals surface area contributed by atoms with Crippen LogP contribution in [0, 0.1) is 12.3 Å². The number of halogens is 7. The van der Waals surface area contributed by atoms with Gasteiger partial charge in [0.05, 0.1) is 12.0 Å². The Kier molecular flexibility index (Phi) is 5.94. The molecule has 2 aromatic carbocycles. The van der Waals surface area contributed by atoms with Crippen molar-refractivity contribution >= 4 is 28.7 Å². The third kappa shape index (κ3) is 4.30. The van der Waals surface area contributed by atoms with Gasteiger partial charge in [-0.2, -0.15) is 35.8 Å². The molecule has 0 aliphatic heterocycles. The van der Waals surface area contributed by atoms with Gasteiger partial charge in [-0.15, -0.1) is 18.2 Å². The molecule has 0 spiro atoms. The summed E-state index contributed by atoms with van der Waals surface area (Å²) >= 11 is 1.35. The smallest absolute Gasteiger partial charge is 0.242 e. The number of fused-ring (bicyclic) bond motifs is 1. The summed E-state index contributed by atoms with van der Waals surface area (Å²) in [6.45, 7) is 0. The summed E-state index contributed by atoms with van der Waals surface area (Å²) in [7, 11) is 0. The van der Waals surface area contributed by atoms with Crippen LogP contribution in [0.2, 0.25) is 0 Å². The van der Waals surface area contributed by atoms with Crippen LogP contribution in [0.3, 0.4) is 0 Å². The van der Waals surface area contributed by atoms with Gasteiger partial charge in [0.25, 0.3) is 0 Å². The Morgan fingerprint density at radius 2 is 1.63 bits per heavy atom. The Bertz CT molecular complexity index is 885. The molecule has 0 atom stereocenters. The van der Waals surface area contributed by atoms with Crippen LogP contribution in [0.25, 0.3) is 10.8 Å². The number of hydrogen-bond donors (Lipinski definition) is 1. The first-order valence-electron chi connectivity index (χ1n) is 7.22. The fourth-order valence-electron chi connectivity index (χ4n) is 2.08. The van der Waals surface area contributed by atoms with Crippen LogP contribution in [0.4, 0.5) is 30.7 Å². The Morgan fingerprint density at radius 3 is 2.22 bits per heavy atom. The molecule has 0 aliphatic rings. The monoisotopic (exact) mass is 408 g/mol. The minimum Gasteiger partial charge on any atom is -0.242 e. The predicted molar refractivity (Wildman–Crippen MR) is 90.2 cm³/mol. The number of alkyl halides is 7. The van der Waals surface area contributed by atoms with Crippen LogP contribution in [0.15, 0.2) is 46.4 Å². The van der Waals surface area contributed by atoms with E-state index >= 15 is 0 Å². The Balaban J connectivity index is 2.30. The highest BCUT2D eigenvalue weighted by Gasteiger charge is 2.73. The van der Waals surface area contributed by atoms with E-state index < -0.39 is 18.1 Å². The van der Waals surface area contributed by atoms with Crippen LogP contribution in [-0.2, 0) is 0 Å². The predicted octanol–water partition coefficient (Wildman–Crippen LogP) is 5.28. The summed E-state index contributed by atoms with van der Waals surface area (Å²) < 4.78 is 88.3. The first kappa shape index (κ1) is 20.9. The van der Waals surface area contributed by atoms with Crippen molar-refractivity contribution in [3.05, 3.63) is 42.0 Å². The molecule has 27 heavy (non-hydrogen) atoms. The van der Waals surface area contributed by atoms with E-state index in [2.05, 4.69) is 11.0 Å². The fraction of sp³-hybridized carbons (Fsp3) is 0.235. The molecule has 2 nitrogen and oxygen atoms in total. The molecule has 0 fully saturated rings. The Labute approximate surface area is 153 Å². The Hall–Kier alpha value is -2.41. The number of nitrogens with one attached hydrogen (secondary N) is 1. The highest BCUT2D eigenvalue weighted by atomic mass is 32.2. The highest BCUT2D eigenvalue weighted by molar-refractivity contribution is 7.99. The van der Waals surface area contributed by atoms with Crippen LogP contribution in [0.5, 0.6) is 0 Å². The number of nitrogens with zero attached hydrogens (tertiary/aromatic N) is 1. The summed E-state index contributed by atoms with van der Waals surface area (Å²) in [4.78, 5) is 0.794. The number of terminal acetylenes is 1. The van der Waals surface area contributed by atoms with Crippen molar-refractivity contribution in [1.82, 2.24) is 5.43 Å². The van der Waals surface area contributed by atoms with Gasteiger partial charge in [0.15, 0.2) is 0 Å². The van der Waals surface area contributed by atoms with E-state index in [4.69, 9.17) is 6.42 Å². The molecular weight excluding hydrogens is 397 g/mol. The summed E-state index contributed by atoms with van der Waals surface area (Å²) in [5.74, 6) is -3.44. The Morgan fingerprint density at radius 1 is 1.00 bits per heavy atom. The molecule has 2 aromatic rings. The van der Waals surface area contributed by atoms with Crippen LogP contribution in [0.1, 0.15) is 5.56 Å². The van der Waals surface area contributed by atoms with Gasteiger partial charge in [-0.3, -0.25) is 0 Å². The van der Waals surface area contributed by atoms with E-state index in [9.17, 15) is 30.7 Å². The van der Waals surface area contributed by atoms with Gasteiger partial charge >= 0.3 is 18.1 Å². The minimum atomic E-state index is -6.43. The number of benzene rings is 2. The number of hydrazone groups is 1. The molecule has 0 saturated heterocycles. The van der Waals surface area contributed by atoms with E-state index in [1.807, 2.05) is 0 Å². The van der Waals surface area contributed by atoms with Gasteiger partial charge < -0.3 is 0 Å². The first-order valence-corrected chi connectivity index (χ1v) is 8.20. The lowest BCUT2D eigenvalue weighted by molar-refractivity contribution is -0.361. The molecule has 0 aromatic heterocycles. The van der Waals surface area contributed by atoms with E-state index in [0.29, 0.717) is 22.0 Å². The SMILES string of the molecule is C#CCSc1ccc(/C=N/NC(F)(F)C(F)(F)C(F)(F)F)c2ccccc12. The molecule has 1 N–H and O–H groups in total. The molecule has 0 radical (unpaired) electrons. The zero-order valence-electron chi connectivity index (χ0n) is 13.3. The lowest BCUT2D eigenvalue weighted by atomic mass is 10.1.